The lowest BCUT2D eigenvalue weighted by Crippen LogP contribution is -2.37. The van der Waals surface area contributed by atoms with E-state index in [0.29, 0.717) is 12.6 Å². The third-order valence-electron chi connectivity index (χ3n) is 2.87. The molecule has 1 aliphatic rings. The van der Waals surface area contributed by atoms with Gasteiger partial charge < -0.3 is 5.32 Å². The second-order valence-electron chi connectivity index (χ2n) is 4.31. The molecular formula is C10H21NO2S2. The van der Waals surface area contributed by atoms with E-state index in [1.54, 1.807) is 0 Å². The van der Waals surface area contributed by atoms with E-state index < -0.39 is 9.84 Å². The molecule has 15 heavy (non-hydrogen) atoms. The molecule has 0 heterocycles. The molecule has 5 heteroatoms. The summed E-state index contributed by atoms with van der Waals surface area (Å²) >= 11 is 1.93. The van der Waals surface area contributed by atoms with E-state index in [9.17, 15) is 8.42 Å². The lowest BCUT2D eigenvalue weighted by molar-refractivity contribution is 0.388. The molecule has 0 radical (unpaired) electrons. The van der Waals surface area contributed by atoms with Gasteiger partial charge in [-0.15, -0.1) is 0 Å². The summed E-state index contributed by atoms with van der Waals surface area (Å²) < 4.78 is 21.9. The molecule has 0 aromatic heterocycles. The van der Waals surface area contributed by atoms with Crippen molar-refractivity contribution in [3.8, 4) is 0 Å². The van der Waals surface area contributed by atoms with Gasteiger partial charge in [-0.1, -0.05) is 6.42 Å². The van der Waals surface area contributed by atoms with E-state index in [0.717, 1.165) is 5.25 Å². The fourth-order valence-electron chi connectivity index (χ4n) is 1.99. The van der Waals surface area contributed by atoms with Crippen LogP contribution in [0.2, 0.25) is 0 Å². The van der Waals surface area contributed by atoms with Crippen molar-refractivity contribution in [3.05, 3.63) is 0 Å². The van der Waals surface area contributed by atoms with Crippen molar-refractivity contribution in [2.45, 2.75) is 37.0 Å². The Morgan fingerprint density at radius 3 is 2.73 bits per heavy atom. The zero-order valence-corrected chi connectivity index (χ0v) is 11.2. The molecule has 90 valence electrons. The molecular weight excluding hydrogens is 230 g/mol. The summed E-state index contributed by atoms with van der Waals surface area (Å²) in [6.45, 7) is 0.602. The molecule has 0 bridgehead atoms. The third kappa shape index (κ3) is 5.78. The van der Waals surface area contributed by atoms with Gasteiger partial charge in [0.15, 0.2) is 0 Å². The number of hydrogen-bond acceptors (Lipinski definition) is 4. The van der Waals surface area contributed by atoms with Gasteiger partial charge in [0.05, 0.1) is 5.75 Å². The molecule has 0 spiro atoms. The Bertz CT molecular complexity index is 277. The Balaban J connectivity index is 2.21. The van der Waals surface area contributed by atoms with Crippen LogP contribution in [-0.4, -0.2) is 44.5 Å². The van der Waals surface area contributed by atoms with Gasteiger partial charge in [0.25, 0.3) is 0 Å². The van der Waals surface area contributed by atoms with Gasteiger partial charge >= 0.3 is 0 Å². The van der Waals surface area contributed by atoms with Crippen LogP contribution in [0.25, 0.3) is 0 Å². The van der Waals surface area contributed by atoms with Crippen LogP contribution in [0.4, 0.5) is 0 Å². The van der Waals surface area contributed by atoms with Gasteiger partial charge in [0, 0.05) is 24.1 Å². The Hall–Kier alpha value is 0.260. The maximum absolute atomic E-state index is 10.9. The number of hydrogen-bond donors (Lipinski definition) is 1. The normalized spacial score (nSPS) is 27.9. The first kappa shape index (κ1) is 13.3. The Morgan fingerprint density at radius 2 is 2.13 bits per heavy atom. The molecule has 1 fully saturated rings. The van der Waals surface area contributed by atoms with E-state index in [4.69, 9.17) is 0 Å². The van der Waals surface area contributed by atoms with Gasteiger partial charge in [-0.25, -0.2) is 8.42 Å². The maximum atomic E-state index is 10.9. The first-order valence-electron chi connectivity index (χ1n) is 5.45. The highest BCUT2D eigenvalue weighted by atomic mass is 32.2. The Morgan fingerprint density at radius 1 is 1.40 bits per heavy atom. The lowest BCUT2D eigenvalue weighted by Gasteiger charge is -2.28. The van der Waals surface area contributed by atoms with E-state index >= 15 is 0 Å². The standard InChI is InChI=1S/C10H21NO2S2/c1-14-10-5-3-4-9(8-10)11-6-7-15(2,12)13/h9-11H,3-8H2,1-2H3. The van der Waals surface area contributed by atoms with Crippen LogP contribution in [0, 0.1) is 0 Å². The predicted octanol–water partition coefficient (Wildman–Crippen LogP) is 1.29. The van der Waals surface area contributed by atoms with Crippen LogP contribution in [0.5, 0.6) is 0 Å². The summed E-state index contributed by atoms with van der Waals surface area (Å²) in [6.07, 6.45) is 8.41. The molecule has 1 rings (SSSR count). The fourth-order valence-corrected chi connectivity index (χ4v) is 3.31. The number of nitrogens with one attached hydrogen (secondary N) is 1. The second kappa shape index (κ2) is 6.11. The fraction of sp³-hybridized carbons (Fsp3) is 1.00. The molecule has 0 amide bonds. The van der Waals surface area contributed by atoms with Crippen molar-refractivity contribution in [3.63, 3.8) is 0 Å². The molecule has 1 aliphatic carbocycles. The molecule has 0 aromatic carbocycles. The largest absolute Gasteiger partial charge is 0.313 e. The zero-order chi connectivity index (χ0) is 11.3. The van der Waals surface area contributed by atoms with E-state index in [1.807, 2.05) is 11.8 Å². The minimum Gasteiger partial charge on any atom is -0.313 e. The lowest BCUT2D eigenvalue weighted by atomic mass is 9.95. The van der Waals surface area contributed by atoms with Crippen molar-refractivity contribution in [2.24, 2.45) is 0 Å². The Labute approximate surface area is 97.3 Å². The van der Waals surface area contributed by atoms with Crippen molar-refractivity contribution < 1.29 is 8.42 Å². The van der Waals surface area contributed by atoms with Crippen LogP contribution in [0.3, 0.4) is 0 Å². The minimum absolute atomic E-state index is 0.257. The number of rotatable bonds is 5. The predicted molar refractivity (Wildman–Crippen MR) is 67.3 cm³/mol. The quantitative estimate of drug-likeness (QED) is 0.800. The summed E-state index contributed by atoms with van der Waals surface area (Å²) in [6, 6.07) is 0.526. The average molecular weight is 251 g/mol. The highest BCUT2D eigenvalue weighted by Crippen LogP contribution is 2.26. The molecule has 1 N–H and O–H groups in total. The highest BCUT2D eigenvalue weighted by Gasteiger charge is 2.20. The first-order chi connectivity index (χ1) is 7.01. The van der Waals surface area contributed by atoms with Crippen molar-refractivity contribution in [2.75, 3.05) is 24.8 Å². The smallest absolute Gasteiger partial charge is 0.148 e. The second-order valence-corrected chi connectivity index (χ2v) is 7.70. The topological polar surface area (TPSA) is 46.2 Å². The van der Waals surface area contributed by atoms with Crippen molar-refractivity contribution >= 4 is 21.6 Å². The SMILES string of the molecule is CSC1CCCC(NCCS(C)(=O)=O)C1. The molecule has 0 aromatic rings. The highest BCUT2D eigenvalue weighted by molar-refractivity contribution is 7.99. The summed E-state index contributed by atoms with van der Waals surface area (Å²) in [7, 11) is -2.81. The molecule has 2 unspecified atom stereocenters. The van der Waals surface area contributed by atoms with Crippen molar-refractivity contribution in [1.82, 2.24) is 5.32 Å². The molecule has 1 saturated carbocycles. The van der Waals surface area contributed by atoms with E-state index in [2.05, 4.69) is 11.6 Å². The molecule has 2 atom stereocenters. The summed E-state index contributed by atoms with van der Waals surface area (Å²) in [4.78, 5) is 0. The van der Waals surface area contributed by atoms with Crippen molar-refractivity contribution in [1.29, 1.82) is 0 Å². The number of sulfone groups is 1. The summed E-state index contributed by atoms with van der Waals surface area (Å²) in [5, 5.41) is 4.11. The monoisotopic (exact) mass is 251 g/mol. The van der Waals surface area contributed by atoms with Crippen LogP contribution in [0.15, 0.2) is 0 Å². The van der Waals surface area contributed by atoms with Gasteiger partial charge in [-0.3, -0.25) is 0 Å². The van der Waals surface area contributed by atoms with Crippen LogP contribution in [0.1, 0.15) is 25.7 Å². The zero-order valence-electron chi connectivity index (χ0n) is 9.53. The summed E-state index contributed by atoms with van der Waals surface area (Å²) in [5.74, 6) is 0.257. The minimum atomic E-state index is -2.81. The van der Waals surface area contributed by atoms with E-state index in [-0.39, 0.29) is 5.75 Å². The molecule has 0 aliphatic heterocycles. The first-order valence-corrected chi connectivity index (χ1v) is 8.80. The summed E-state index contributed by atoms with van der Waals surface area (Å²) in [5.41, 5.74) is 0. The molecule has 3 nitrogen and oxygen atoms in total. The van der Waals surface area contributed by atoms with Crippen LogP contribution >= 0.6 is 11.8 Å². The van der Waals surface area contributed by atoms with Gasteiger partial charge in [-0.05, 0) is 25.5 Å². The van der Waals surface area contributed by atoms with Crippen LogP contribution in [-0.2, 0) is 9.84 Å². The molecule has 0 saturated heterocycles. The van der Waals surface area contributed by atoms with Crippen LogP contribution < -0.4 is 5.32 Å². The third-order valence-corrected chi connectivity index (χ3v) is 4.91. The maximum Gasteiger partial charge on any atom is 0.148 e. The number of thioether (sulfide) groups is 1. The van der Waals surface area contributed by atoms with Gasteiger partial charge in [0.2, 0.25) is 0 Å². The van der Waals surface area contributed by atoms with Gasteiger partial charge in [-0.2, -0.15) is 11.8 Å². The Kier molecular flexibility index (Phi) is 5.43. The average Bonchev–Trinajstić information content (AvgIpc) is 2.16. The van der Waals surface area contributed by atoms with Gasteiger partial charge in [0.1, 0.15) is 9.84 Å². The van der Waals surface area contributed by atoms with E-state index in [1.165, 1.54) is 31.9 Å².